The minimum Gasteiger partial charge on any atom is -0.368 e. The van der Waals surface area contributed by atoms with Crippen molar-refractivity contribution in [1.29, 1.82) is 0 Å². The topological polar surface area (TPSA) is 118 Å². The molecule has 0 spiro atoms. The molecule has 1 saturated heterocycles. The standard InChI is InChI=1S/C14H26N4O3/c1-9(2)7-11(14(21)17-8-12(15)19)18-13(20)10-3-5-16-6-4-10/h9-11,16H,3-8H2,1-2H3,(H2,15,19)(H,17,21)(H,18,20)/p+1/t11-/m1/s1. The third-order valence-electron chi connectivity index (χ3n) is 3.59. The molecule has 0 radical (unpaired) electrons. The first-order valence-corrected chi connectivity index (χ1v) is 7.58. The summed E-state index contributed by atoms with van der Waals surface area (Å²) < 4.78 is 0. The molecule has 1 aliphatic rings. The lowest BCUT2D eigenvalue weighted by atomic mass is 9.95. The zero-order valence-electron chi connectivity index (χ0n) is 12.9. The van der Waals surface area contributed by atoms with Crippen LogP contribution in [0.5, 0.6) is 0 Å². The Morgan fingerprint density at radius 2 is 1.86 bits per heavy atom. The van der Waals surface area contributed by atoms with Gasteiger partial charge in [-0.3, -0.25) is 14.4 Å². The Morgan fingerprint density at radius 1 is 1.24 bits per heavy atom. The first-order valence-electron chi connectivity index (χ1n) is 7.58. The smallest absolute Gasteiger partial charge is 0.243 e. The van der Waals surface area contributed by atoms with Gasteiger partial charge in [0.1, 0.15) is 6.04 Å². The van der Waals surface area contributed by atoms with E-state index in [0.717, 1.165) is 25.9 Å². The van der Waals surface area contributed by atoms with Crippen molar-refractivity contribution in [2.45, 2.75) is 39.2 Å². The quantitative estimate of drug-likeness (QED) is 0.439. The minimum absolute atomic E-state index is 0.0198. The highest BCUT2D eigenvalue weighted by atomic mass is 16.2. The number of amides is 3. The third kappa shape index (κ3) is 6.57. The highest BCUT2D eigenvalue weighted by Gasteiger charge is 2.28. The van der Waals surface area contributed by atoms with Crippen molar-refractivity contribution >= 4 is 17.7 Å². The number of piperidine rings is 1. The van der Waals surface area contributed by atoms with Gasteiger partial charge in [-0.25, -0.2) is 0 Å². The van der Waals surface area contributed by atoms with Crippen LogP contribution in [0.25, 0.3) is 0 Å². The Bertz CT molecular complexity index is 378. The lowest BCUT2D eigenvalue weighted by Gasteiger charge is -2.24. The van der Waals surface area contributed by atoms with Crippen molar-refractivity contribution in [3.05, 3.63) is 0 Å². The van der Waals surface area contributed by atoms with Gasteiger partial charge >= 0.3 is 0 Å². The summed E-state index contributed by atoms with van der Waals surface area (Å²) in [4.78, 5) is 35.0. The summed E-state index contributed by atoms with van der Waals surface area (Å²) in [6.45, 7) is 5.65. The van der Waals surface area contributed by atoms with Crippen molar-refractivity contribution in [1.82, 2.24) is 10.6 Å². The van der Waals surface area contributed by atoms with Crippen LogP contribution in [0.3, 0.4) is 0 Å². The SMILES string of the molecule is CC(C)C[C@@H](NC(=O)C1CC[NH2+]CC1)C(=O)NCC(N)=O. The first kappa shape index (κ1) is 17.4. The predicted molar refractivity (Wildman–Crippen MR) is 78.0 cm³/mol. The first-order chi connectivity index (χ1) is 9.90. The number of nitrogens with two attached hydrogens (primary N) is 2. The molecule has 0 aromatic heterocycles. The minimum atomic E-state index is -0.609. The van der Waals surface area contributed by atoms with Crippen LogP contribution in [0.4, 0.5) is 0 Å². The van der Waals surface area contributed by atoms with Gasteiger partial charge in [0, 0.05) is 18.8 Å². The number of nitrogens with one attached hydrogen (secondary N) is 2. The molecule has 120 valence electrons. The Kier molecular flexibility index (Phi) is 7.14. The molecule has 0 unspecified atom stereocenters. The van der Waals surface area contributed by atoms with Crippen molar-refractivity contribution in [3.63, 3.8) is 0 Å². The Morgan fingerprint density at radius 3 is 2.38 bits per heavy atom. The molecule has 0 bridgehead atoms. The van der Waals surface area contributed by atoms with Gasteiger partial charge in [0.05, 0.1) is 19.6 Å². The Labute approximate surface area is 125 Å². The number of primary amides is 1. The molecule has 7 nitrogen and oxygen atoms in total. The number of carbonyl (C=O) groups is 3. The monoisotopic (exact) mass is 299 g/mol. The highest BCUT2D eigenvalue weighted by molar-refractivity contribution is 5.90. The number of rotatable bonds is 7. The fourth-order valence-electron chi connectivity index (χ4n) is 2.48. The molecule has 0 saturated carbocycles. The maximum atomic E-state index is 12.2. The van der Waals surface area contributed by atoms with E-state index in [1.807, 2.05) is 13.8 Å². The van der Waals surface area contributed by atoms with Gasteiger partial charge in [0.2, 0.25) is 17.7 Å². The van der Waals surface area contributed by atoms with Gasteiger partial charge in [0.25, 0.3) is 0 Å². The molecule has 0 aromatic carbocycles. The number of hydrogen-bond acceptors (Lipinski definition) is 3. The summed E-state index contributed by atoms with van der Waals surface area (Å²) in [6, 6.07) is -0.609. The molecule has 6 N–H and O–H groups in total. The fourth-order valence-corrected chi connectivity index (χ4v) is 2.48. The van der Waals surface area contributed by atoms with Gasteiger partial charge in [-0.05, 0) is 12.3 Å². The van der Waals surface area contributed by atoms with Gasteiger partial charge in [-0.15, -0.1) is 0 Å². The van der Waals surface area contributed by atoms with Crippen LogP contribution in [0.1, 0.15) is 33.1 Å². The van der Waals surface area contributed by atoms with Crippen LogP contribution >= 0.6 is 0 Å². The van der Waals surface area contributed by atoms with Crippen LogP contribution in [0.15, 0.2) is 0 Å². The molecule has 3 amide bonds. The van der Waals surface area contributed by atoms with E-state index in [9.17, 15) is 14.4 Å². The van der Waals surface area contributed by atoms with Crippen LogP contribution < -0.4 is 21.7 Å². The second-order valence-electron chi connectivity index (χ2n) is 6.02. The highest BCUT2D eigenvalue weighted by Crippen LogP contribution is 2.11. The number of hydrogen-bond donors (Lipinski definition) is 4. The van der Waals surface area contributed by atoms with E-state index in [0.29, 0.717) is 6.42 Å². The molecule has 1 aliphatic heterocycles. The molecule has 1 fully saturated rings. The molecule has 7 heteroatoms. The van der Waals surface area contributed by atoms with Gasteiger partial charge < -0.3 is 21.7 Å². The fraction of sp³-hybridized carbons (Fsp3) is 0.786. The van der Waals surface area contributed by atoms with E-state index in [2.05, 4.69) is 16.0 Å². The average molecular weight is 299 g/mol. The van der Waals surface area contributed by atoms with Crippen molar-refractivity contribution in [3.8, 4) is 0 Å². The molecule has 0 aromatic rings. The van der Waals surface area contributed by atoms with E-state index in [1.165, 1.54) is 0 Å². The molecule has 0 aliphatic carbocycles. The largest absolute Gasteiger partial charge is 0.368 e. The van der Waals surface area contributed by atoms with E-state index < -0.39 is 11.9 Å². The second kappa shape index (κ2) is 8.61. The summed E-state index contributed by atoms with van der Waals surface area (Å²) in [6.07, 6.45) is 2.21. The number of quaternary nitrogens is 1. The maximum Gasteiger partial charge on any atom is 0.243 e. The zero-order chi connectivity index (χ0) is 15.8. The summed E-state index contributed by atoms with van der Waals surface area (Å²) in [5, 5.41) is 7.48. The van der Waals surface area contributed by atoms with E-state index >= 15 is 0 Å². The van der Waals surface area contributed by atoms with Crippen molar-refractivity contribution < 1.29 is 19.7 Å². The summed E-state index contributed by atoms with van der Waals surface area (Å²) in [5.41, 5.74) is 5.02. The molecular formula is C14H27N4O3+. The Hall–Kier alpha value is -1.63. The van der Waals surface area contributed by atoms with Crippen LogP contribution in [-0.2, 0) is 14.4 Å². The van der Waals surface area contributed by atoms with Crippen LogP contribution in [-0.4, -0.2) is 43.4 Å². The third-order valence-corrected chi connectivity index (χ3v) is 3.59. The van der Waals surface area contributed by atoms with Gasteiger partial charge in [-0.2, -0.15) is 0 Å². The summed E-state index contributed by atoms with van der Waals surface area (Å²) in [7, 11) is 0. The van der Waals surface area contributed by atoms with E-state index in [-0.39, 0.29) is 30.2 Å². The summed E-state index contributed by atoms with van der Waals surface area (Å²) >= 11 is 0. The Balaban J connectivity index is 2.57. The van der Waals surface area contributed by atoms with Crippen molar-refractivity contribution in [2.24, 2.45) is 17.6 Å². The number of carbonyl (C=O) groups excluding carboxylic acids is 3. The second-order valence-corrected chi connectivity index (χ2v) is 6.02. The van der Waals surface area contributed by atoms with Crippen LogP contribution in [0, 0.1) is 11.8 Å². The normalized spacial score (nSPS) is 17.3. The molecule has 21 heavy (non-hydrogen) atoms. The predicted octanol–water partition coefficient (Wildman–Crippen LogP) is -1.91. The molecular weight excluding hydrogens is 272 g/mol. The lowest BCUT2D eigenvalue weighted by molar-refractivity contribution is -0.664. The van der Waals surface area contributed by atoms with E-state index in [1.54, 1.807) is 0 Å². The zero-order valence-corrected chi connectivity index (χ0v) is 12.9. The van der Waals surface area contributed by atoms with Gasteiger partial charge in [-0.1, -0.05) is 13.8 Å². The average Bonchev–Trinajstić information content (AvgIpc) is 2.44. The van der Waals surface area contributed by atoms with Crippen molar-refractivity contribution in [2.75, 3.05) is 19.6 Å². The van der Waals surface area contributed by atoms with Crippen LogP contribution in [0.2, 0.25) is 0 Å². The van der Waals surface area contributed by atoms with E-state index in [4.69, 9.17) is 5.73 Å². The molecule has 1 heterocycles. The molecule has 1 rings (SSSR count). The maximum absolute atomic E-state index is 12.2. The molecule has 1 atom stereocenters. The lowest BCUT2D eigenvalue weighted by Crippen LogP contribution is -2.86. The van der Waals surface area contributed by atoms with Gasteiger partial charge in [0.15, 0.2) is 0 Å². The summed E-state index contributed by atoms with van der Waals surface area (Å²) in [5.74, 6) is -0.773.